The third kappa shape index (κ3) is 4.37. The van der Waals surface area contributed by atoms with Crippen LogP contribution < -0.4 is 0 Å². The molecule has 0 saturated carbocycles. The number of benzene rings is 1. The number of carbonyl (C=O) groups is 1. The highest BCUT2D eigenvalue weighted by molar-refractivity contribution is 5.73. The van der Waals surface area contributed by atoms with Gasteiger partial charge < -0.3 is 4.90 Å². The Balaban J connectivity index is 1.52. The van der Waals surface area contributed by atoms with Gasteiger partial charge in [-0.3, -0.25) is 14.6 Å². The lowest BCUT2D eigenvalue weighted by molar-refractivity contribution is -0.130. The van der Waals surface area contributed by atoms with Crippen molar-refractivity contribution < 1.29 is 4.79 Å². The van der Waals surface area contributed by atoms with Crippen LogP contribution in [-0.4, -0.2) is 65.9 Å². The van der Waals surface area contributed by atoms with Crippen LogP contribution in [0.25, 0.3) is 0 Å². The van der Waals surface area contributed by atoms with Gasteiger partial charge in [0.05, 0.1) is 0 Å². The van der Waals surface area contributed by atoms with Crippen molar-refractivity contribution in [1.29, 1.82) is 0 Å². The van der Waals surface area contributed by atoms with E-state index in [2.05, 4.69) is 47.2 Å². The number of hydrogen-bond donors (Lipinski definition) is 0. The van der Waals surface area contributed by atoms with Crippen molar-refractivity contribution in [2.75, 3.05) is 33.2 Å². The predicted octanol–water partition coefficient (Wildman–Crippen LogP) is 2.59. The van der Waals surface area contributed by atoms with E-state index >= 15 is 0 Å². The molecule has 2 fully saturated rings. The second kappa shape index (κ2) is 8.13. The van der Waals surface area contributed by atoms with Gasteiger partial charge in [-0.2, -0.15) is 0 Å². The highest BCUT2D eigenvalue weighted by Gasteiger charge is 2.30. The zero-order valence-corrected chi connectivity index (χ0v) is 15.2. The molecule has 24 heavy (non-hydrogen) atoms. The Bertz CT molecular complexity index is 525. The van der Waals surface area contributed by atoms with Gasteiger partial charge in [0, 0.05) is 45.2 Å². The second-order valence-electron chi connectivity index (χ2n) is 7.43. The first-order chi connectivity index (χ1) is 11.6. The third-order valence-electron chi connectivity index (χ3n) is 5.75. The number of carbonyl (C=O) groups excluding carboxylic acids is 1. The number of amides is 1. The topological polar surface area (TPSA) is 26.8 Å². The fraction of sp³-hybridized carbons (Fsp3) is 0.650. The molecule has 2 heterocycles. The van der Waals surface area contributed by atoms with Crippen LogP contribution in [0, 0.1) is 0 Å². The molecule has 132 valence electrons. The van der Waals surface area contributed by atoms with Gasteiger partial charge in [-0.15, -0.1) is 0 Å². The fourth-order valence-corrected chi connectivity index (χ4v) is 4.22. The average Bonchev–Trinajstić information content (AvgIpc) is 2.63. The van der Waals surface area contributed by atoms with Crippen LogP contribution in [0.3, 0.4) is 0 Å². The van der Waals surface area contributed by atoms with Gasteiger partial charge >= 0.3 is 0 Å². The molecule has 4 nitrogen and oxygen atoms in total. The van der Waals surface area contributed by atoms with Crippen LogP contribution in [-0.2, 0) is 11.3 Å². The Morgan fingerprint density at radius 2 is 1.83 bits per heavy atom. The Morgan fingerprint density at radius 1 is 1.12 bits per heavy atom. The van der Waals surface area contributed by atoms with Crippen molar-refractivity contribution in [1.82, 2.24) is 14.7 Å². The SMILES string of the molecule is CC(=O)N1CCC(N2CCC[C@H](N(C)Cc3ccccc3)C2)CC1. The van der Waals surface area contributed by atoms with Crippen LogP contribution in [0.2, 0.25) is 0 Å². The first-order valence-electron chi connectivity index (χ1n) is 9.37. The van der Waals surface area contributed by atoms with E-state index in [1.165, 1.54) is 31.5 Å². The molecular formula is C20H31N3O. The third-order valence-corrected chi connectivity index (χ3v) is 5.75. The Hall–Kier alpha value is -1.39. The molecule has 0 unspecified atom stereocenters. The van der Waals surface area contributed by atoms with Crippen molar-refractivity contribution in [3.05, 3.63) is 35.9 Å². The van der Waals surface area contributed by atoms with Crippen LogP contribution in [0.1, 0.15) is 38.2 Å². The van der Waals surface area contributed by atoms with Crippen LogP contribution in [0.4, 0.5) is 0 Å². The minimum Gasteiger partial charge on any atom is -0.343 e. The summed E-state index contributed by atoms with van der Waals surface area (Å²) in [5.74, 6) is 0.229. The number of likely N-dealkylation sites (N-methyl/N-ethyl adjacent to an activating group) is 1. The van der Waals surface area contributed by atoms with Gasteiger partial charge in [0.15, 0.2) is 0 Å². The molecule has 1 aromatic rings. The first-order valence-corrected chi connectivity index (χ1v) is 9.37. The molecule has 4 heteroatoms. The summed E-state index contributed by atoms with van der Waals surface area (Å²) in [7, 11) is 2.26. The van der Waals surface area contributed by atoms with Crippen molar-refractivity contribution in [3.63, 3.8) is 0 Å². The number of likely N-dealkylation sites (tertiary alicyclic amines) is 2. The summed E-state index contributed by atoms with van der Waals surface area (Å²) < 4.78 is 0. The van der Waals surface area contributed by atoms with Crippen molar-refractivity contribution >= 4 is 5.91 Å². The van der Waals surface area contributed by atoms with E-state index in [0.29, 0.717) is 12.1 Å². The number of hydrogen-bond acceptors (Lipinski definition) is 3. The van der Waals surface area contributed by atoms with Crippen molar-refractivity contribution in [2.24, 2.45) is 0 Å². The minimum absolute atomic E-state index is 0.229. The zero-order valence-electron chi connectivity index (χ0n) is 15.2. The highest BCUT2D eigenvalue weighted by Crippen LogP contribution is 2.23. The molecular weight excluding hydrogens is 298 g/mol. The van der Waals surface area contributed by atoms with Gasteiger partial charge in [0.1, 0.15) is 0 Å². The van der Waals surface area contributed by atoms with Gasteiger partial charge in [0.2, 0.25) is 5.91 Å². The largest absolute Gasteiger partial charge is 0.343 e. The van der Waals surface area contributed by atoms with E-state index in [9.17, 15) is 4.79 Å². The summed E-state index contributed by atoms with van der Waals surface area (Å²) in [6.45, 7) is 6.98. The summed E-state index contributed by atoms with van der Waals surface area (Å²) in [4.78, 5) is 18.7. The number of piperidine rings is 2. The smallest absolute Gasteiger partial charge is 0.219 e. The summed E-state index contributed by atoms with van der Waals surface area (Å²) in [5.41, 5.74) is 1.40. The lowest BCUT2D eigenvalue weighted by Crippen LogP contribution is -2.53. The zero-order chi connectivity index (χ0) is 16.9. The van der Waals surface area contributed by atoms with E-state index in [4.69, 9.17) is 0 Å². The maximum Gasteiger partial charge on any atom is 0.219 e. The summed E-state index contributed by atoms with van der Waals surface area (Å²) in [6, 6.07) is 12.1. The molecule has 3 rings (SSSR count). The minimum atomic E-state index is 0.229. The molecule has 0 N–H and O–H groups in total. The van der Waals surface area contributed by atoms with Gasteiger partial charge in [0.25, 0.3) is 0 Å². The summed E-state index contributed by atoms with van der Waals surface area (Å²) in [6.07, 6.45) is 4.85. The first kappa shape index (κ1) is 17.4. The van der Waals surface area contributed by atoms with E-state index in [1.807, 2.05) is 4.90 Å². The quantitative estimate of drug-likeness (QED) is 0.849. The molecule has 0 radical (unpaired) electrons. The Labute approximate surface area is 146 Å². The molecule has 1 atom stereocenters. The molecule has 2 aliphatic rings. The average molecular weight is 329 g/mol. The van der Waals surface area contributed by atoms with Crippen molar-refractivity contribution in [3.8, 4) is 0 Å². The van der Waals surface area contributed by atoms with Crippen LogP contribution in [0.15, 0.2) is 30.3 Å². The van der Waals surface area contributed by atoms with Crippen LogP contribution in [0.5, 0.6) is 0 Å². The molecule has 0 spiro atoms. The standard InChI is InChI=1S/C20H31N3O/c1-17(24)22-13-10-19(11-14-22)23-12-6-9-20(16-23)21(2)15-18-7-4-3-5-8-18/h3-5,7-8,19-20H,6,9-16H2,1-2H3/t20-/m0/s1. The molecule has 0 bridgehead atoms. The predicted molar refractivity (Wildman–Crippen MR) is 97.8 cm³/mol. The maximum absolute atomic E-state index is 11.5. The normalized spacial score (nSPS) is 23.6. The Kier molecular flexibility index (Phi) is 5.90. The lowest BCUT2D eigenvalue weighted by atomic mass is 9.97. The Morgan fingerprint density at radius 3 is 2.50 bits per heavy atom. The number of nitrogens with zero attached hydrogens (tertiary/aromatic N) is 3. The highest BCUT2D eigenvalue weighted by atomic mass is 16.2. The molecule has 1 amide bonds. The van der Waals surface area contributed by atoms with E-state index in [1.54, 1.807) is 6.92 Å². The molecule has 2 saturated heterocycles. The lowest BCUT2D eigenvalue weighted by Gasteiger charge is -2.44. The van der Waals surface area contributed by atoms with Gasteiger partial charge in [-0.05, 0) is 44.8 Å². The molecule has 2 aliphatic heterocycles. The van der Waals surface area contributed by atoms with Crippen LogP contribution >= 0.6 is 0 Å². The fourth-order valence-electron chi connectivity index (χ4n) is 4.22. The maximum atomic E-state index is 11.5. The van der Waals surface area contributed by atoms with Crippen molar-refractivity contribution in [2.45, 2.75) is 51.2 Å². The molecule has 0 aliphatic carbocycles. The van der Waals surface area contributed by atoms with Gasteiger partial charge in [-0.25, -0.2) is 0 Å². The summed E-state index contributed by atoms with van der Waals surface area (Å²) in [5, 5.41) is 0. The van der Waals surface area contributed by atoms with E-state index in [-0.39, 0.29) is 5.91 Å². The summed E-state index contributed by atoms with van der Waals surface area (Å²) >= 11 is 0. The monoisotopic (exact) mass is 329 g/mol. The van der Waals surface area contributed by atoms with E-state index in [0.717, 1.165) is 32.5 Å². The molecule has 1 aromatic carbocycles. The van der Waals surface area contributed by atoms with Gasteiger partial charge in [-0.1, -0.05) is 30.3 Å². The van der Waals surface area contributed by atoms with E-state index < -0.39 is 0 Å². The number of rotatable bonds is 4. The molecule has 0 aromatic heterocycles. The second-order valence-corrected chi connectivity index (χ2v) is 7.43.